The molecule has 0 radical (unpaired) electrons. The fourth-order valence-electron chi connectivity index (χ4n) is 3.94. The molecule has 6 heteroatoms. The molecule has 0 aromatic heterocycles. The number of aromatic hydroxyl groups is 1. The fourth-order valence-corrected chi connectivity index (χ4v) is 3.94. The normalized spacial score (nSPS) is 14.6. The second-order valence-electron chi connectivity index (χ2n) is 8.61. The molecule has 1 heterocycles. The van der Waals surface area contributed by atoms with E-state index in [-0.39, 0.29) is 11.5 Å². The Morgan fingerprint density at radius 2 is 1.97 bits per heavy atom. The molecule has 2 aromatic rings. The highest BCUT2D eigenvalue weighted by molar-refractivity contribution is 5.86. The van der Waals surface area contributed by atoms with Gasteiger partial charge in [-0.25, -0.2) is 9.18 Å². The lowest BCUT2D eigenvalue weighted by Gasteiger charge is -2.30. The molecule has 1 aliphatic rings. The number of methoxy groups -OCH3 is 1. The molecule has 0 fully saturated rings. The Morgan fingerprint density at radius 1 is 1.27 bits per heavy atom. The van der Waals surface area contributed by atoms with Gasteiger partial charge in [-0.15, -0.1) is 0 Å². The molecule has 0 saturated heterocycles. The average molecular weight is 416 g/mol. The molecule has 162 valence electrons. The SMILES string of the molecule is COC(=O)[C@@H](OC(C)(C)C)c1c(C)ccc(O)c1-c1cc(F)c2c(c1C)CCCO2. The minimum Gasteiger partial charge on any atom is -0.507 e. The molecule has 0 amide bonds. The summed E-state index contributed by atoms with van der Waals surface area (Å²) in [6.07, 6.45) is 0.403. The number of phenolic OH excluding ortho intramolecular Hbond substituents is 1. The monoisotopic (exact) mass is 416 g/mol. The van der Waals surface area contributed by atoms with Crippen LogP contribution >= 0.6 is 0 Å². The van der Waals surface area contributed by atoms with Crippen LogP contribution in [0.15, 0.2) is 18.2 Å². The van der Waals surface area contributed by atoms with Gasteiger partial charge >= 0.3 is 5.97 Å². The maximum atomic E-state index is 14.9. The minimum atomic E-state index is -1.08. The zero-order chi connectivity index (χ0) is 22.2. The number of hydrogen-bond acceptors (Lipinski definition) is 5. The molecular weight excluding hydrogens is 387 g/mol. The van der Waals surface area contributed by atoms with Crippen molar-refractivity contribution in [1.82, 2.24) is 0 Å². The van der Waals surface area contributed by atoms with Gasteiger partial charge in [0.05, 0.1) is 19.3 Å². The van der Waals surface area contributed by atoms with Gasteiger partial charge in [0.1, 0.15) is 5.75 Å². The first kappa shape index (κ1) is 22.1. The second-order valence-corrected chi connectivity index (χ2v) is 8.61. The first-order valence-electron chi connectivity index (χ1n) is 10.1. The lowest BCUT2D eigenvalue weighted by molar-refractivity contribution is -0.164. The number of halogens is 1. The summed E-state index contributed by atoms with van der Waals surface area (Å²) in [7, 11) is 1.29. The van der Waals surface area contributed by atoms with Crippen LogP contribution in [0.25, 0.3) is 11.1 Å². The van der Waals surface area contributed by atoms with E-state index in [4.69, 9.17) is 14.2 Å². The number of carbonyl (C=O) groups excluding carboxylic acids is 1. The van der Waals surface area contributed by atoms with E-state index >= 15 is 0 Å². The molecule has 1 atom stereocenters. The molecule has 0 bridgehead atoms. The van der Waals surface area contributed by atoms with Gasteiger partial charge in [0.2, 0.25) is 0 Å². The Kier molecular flexibility index (Phi) is 6.09. The van der Waals surface area contributed by atoms with E-state index in [0.29, 0.717) is 29.7 Å². The number of phenols is 1. The molecule has 1 aliphatic heterocycles. The Labute approximate surface area is 176 Å². The van der Waals surface area contributed by atoms with Gasteiger partial charge in [-0.1, -0.05) is 6.07 Å². The predicted octanol–water partition coefficient (Wildman–Crippen LogP) is 5.17. The number of fused-ring (bicyclic) bond motifs is 1. The third-order valence-electron chi connectivity index (χ3n) is 5.30. The third-order valence-corrected chi connectivity index (χ3v) is 5.30. The molecule has 5 nitrogen and oxygen atoms in total. The second kappa shape index (κ2) is 8.26. The van der Waals surface area contributed by atoms with Crippen molar-refractivity contribution in [2.75, 3.05) is 13.7 Å². The topological polar surface area (TPSA) is 65.0 Å². The summed E-state index contributed by atoms with van der Waals surface area (Å²) < 4.78 is 31.5. The van der Waals surface area contributed by atoms with Gasteiger partial charge in [-0.2, -0.15) is 0 Å². The van der Waals surface area contributed by atoms with E-state index in [1.807, 2.05) is 34.6 Å². The molecular formula is C24H29FO5. The van der Waals surface area contributed by atoms with E-state index < -0.39 is 23.5 Å². The molecule has 0 aliphatic carbocycles. The number of benzene rings is 2. The number of carbonyl (C=O) groups is 1. The average Bonchev–Trinajstić information content (AvgIpc) is 2.69. The summed E-state index contributed by atoms with van der Waals surface area (Å²) in [5, 5.41) is 10.8. The summed E-state index contributed by atoms with van der Waals surface area (Å²) in [6.45, 7) is 9.69. The van der Waals surface area contributed by atoms with Crippen LogP contribution in [-0.2, 0) is 20.7 Å². The van der Waals surface area contributed by atoms with Gasteiger partial charge in [0.15, 0.2) is 17.7 Å². The van der Waals surface area contributed by atoms with Crippen LogP contribution in [0.5, 0.6) is 11.5 Å². The van der Waals surface area contributed by atoms with Crippen LogP contribution in [0.3, 0.4) is 0 Å². The van der Waals surface area contributed by atoms with Crippen molar-refractivity contribution in [2.24, 2.45) is 0 Å². The van der Waals surface area contributed by atoms with Crippen molar-refractivity contribution in [3.8, 4) is 22.6 Å². The van der Waals surface area contributed by atoms with Crippen LogP contribution < -0.4 is 4.74 Å². The Bertz CT molecular complexity index is 975. The van der Waals surface area contributed by atoms with Gasteiger partial charge in [-0.05, 0) is 76.3 Å². The summed E-state index contributed by atoms with van der Waals surface area (Å²) in [4.78, 5) is 12.7. The molecule has 0 saturated carbocycles. The van der Waals surface area contributed by atoms with E-state index in [0.717, 1.165) is 23.1 Å². The van der Waals surface area contributed by atoms with Crippen LogP contribution in [-0.4, -0.2) is 30.4 Å². The number of aryl methyl sites for hydroxylation is 1. The number of rotatable bonds is 4. The van der Waals surface area contributed by atoms with E-state index in [1.165, 1.54) is 13.2 Å². The minimum absolute atomic E-state index is 0.0545. The van der Waals surface area contributed by atoms with Crippen LogP contribution in [0.2, 0.25) is 0 Å². The van der Waals surface area contributed by atoms with Crippen LogP contribution in [0, 0.1) is 19.7 Å². The lowest BCUT2D eigenvalue weighted by Crippen LogP contribution is -2.29. The first-order valence-corrected chi connectivity index (χ1v) is 10.1. The van der Waals surface area contributed by atoms with Gasteiger partial charge in [0, 0.05) is 16.7 Å². The quantitative estimate of drug-likeness (QED) is 0.697. The highest BCUT2D eigenvalue weighted by atomic mass is 19.1. The summed E-state index contributed by atoms with van der Waals surface area (Å²) >= 11 is 0. The van der Waals surface area contributed by atoms with Crippen molar-refractivity contribution in [1.29, 1.82) is 0 Å². The Hall–Kier alpha value is -2.60. The summed E-state index contributed by atoms with van der Waals surface area (Å²) in [6, 6.07) is 4.62. The zero-order valence-electron chi connectivity index (χ0n) is 18.4. The first-order chi connectivity index (χ1) is 14.0. The predicted molar refractivity (Wildman–Crippen MR) is 112 cm³/mol. The molecule has 0 spiro atoms. The van der Waals surface area contributed by atoms with E-state index in [1.54, 1.807) is 12.1 Å². The number of ether oxygens (including phenoxy) is 3. The number of hydrogen-bond donors (Lipinski definition) is 1. The van der Waals surface area contributed by atoms with Crippen molar-refractivity contribution in [2.45, 2.75) is 59.2 Å². The van der Waals surface area contributed by atoms with Crippen LogP contribution in [0.1, 0.15) is 55.5 Å². The van der Waals surface area contributed by atoms with Gasteiger partial charge in [-0.3, -0.25) is 0 Å². The van der Waals surface area contributed by atoms with Gasteiger partial charge < -0.3 is 19.3 Å². The zero-order valence-corrected chi connectivity index (χ0v) is 18.4. The van der Waals surface area contributed by atoms with Crippen molar-refractivity contribution >= 4 is 5.97 Å². The third kappa shape index (κ3) is 4.15. The maximum absolute atomic E-state index is 14.9. The van der Waals surface area contributed by atoms with Crippen LogP contribution in [0.4, 0.5) is 4.39 Å². The maximum Gasteiger partial charge on any atom is 0.339 e. The summed E-state index contributed by atoms with van der Waals surface area (Å²) in [5.74, 6) is -0.851. The largest absolute Gasteiger partial charge is 0.507 e. The smallest absolute Gasteiger partial charge is 0.339 e. The Balaban J connectivity index is 2.31. The standard InChI is InChI=1S/C24H29FO5/c1-13-9-10-18(26)20(19(13)22(23(27)28-6)30-24(3,4)5)16-12-17(25)21-15(14(16)2)8-7-11-29-21/h9-10,12,22,26H,7-8,11H2,1-6H3/t22-/m0/s1. The van der Waals surface area contributed by atoms with E-state index in [9.17, 15) is 14.3 Å². The Morgan fingerprint density at radius 3 is 2.60 bits per heavy atom. The summed E-state index contributed by atoms with van der Waals surface area (Å²) in [5.41, 5.74) is 3.03. The fraction of sp³-hybridized carbons (Fsp3) is 0.458. The molecule has 2 aromatic carbocycles. The highest BCUT2D eigenvalue weighted by Crippen LogP contribution is 2.45. The molecule has 3 rings (SSSR count). The highest BCUT2D eigenvalue weighted by Gasteiger charge is 2.34. The molecule has 30 heavy (non-hydrogen) atoms. The molecule has 0 unspecified atom stereocenters. The van der Waals surface area contributed by atoms with Crippen molar-refractivity contribution in [3.05, 3.63) is 46.3 Å². The van der Waals surface area contributed by atoms with E-state index in [2.05, 4.69) is 0 Å². The van der Waals surface area contributed by atoms with Crippen molar-refractivity contribution < 1.29 is 28.5 Å². The number of esters is 1. The lowest BCUT2D eigenvalue weighted by atomic mass is 9.86. The molecule has 1 N–H and O–H groups in total. The van der Waals surface area contributed by atoms with Crippen molar-refractivity contribution in [3.63, 3.8) is 0 Å². The van der Waals surface area contributed by atoms with Gasteiger partial charge in [0.25, 0.3) is 0 Å².